The summed E-state index contributed by atoms with van der Waals surface area (Å²) in [6.45, 7) is 10.7. The smallest absolute Gasteiger partial charge is 0.119 e. The molecule has 6 unspecified atom stereocenters. The Morgan fingerprint density at radius 1 is 0.519 bits per heavy atom. The van der Waals surface area contributed by atoms with Crippen molar-refractivity contribution in [2.24, 2.45) is 17.8 Å². The maximum Gasteiger partial charge on any atom is 0.119 e. The SMILES string of the molecule is CC1C=CC(c2ccc(OCC(C)COc3ccc(C4(c5ccc(OCC6CO6)cc5)C=CC(C)CC4)cc3)cc2)(c2ccc(OCC3CO3)cc2)CC1. The lowest BCUT2D eigenvalue weighted by Crippen LogP contribution is -2.28. The molecule has 6 heteroatoms. The highest BCUT2D eigenvalue weighted by atomic mass is 16.6. The summed E-state index contributed by atoms with van der Waals surface area (Å²) in [4.78, 5) is 0. The largest absolute Gasteiger partial charge is 0.493 e. The number of hydrogen-bond acceptors (Lipinski definition) is 6. The van der Waals surface area contributed by atoms with Crippen molar-refractivity contribution in [3.63, 3.8) is 0 Å². The molecule has 2 aliphatic carbocycles. The van der Waals surface area contributed by atoms with Gasteiger partial charge in [-0.05, 0) is 108 Å². The molecule has 0 spiro atoms. The van der Waals surface area contributed by atoms with Crippen LogP contribution in [0.15, 0.2) is 121 Å². The molecular weight excluding hydrogens is 673 g/mol. The Labute approximate surface area is 321 Å². The standard InChI is InChI=1S/C48H54O6/c1-34-20-24-47(25-21-34,39-8-16-43(17-9-39)51-30-45-32-53-45)37-4-12-41(13-5-37)49-28-36(3)29-50-42-14-6-38(7-15-42)48(26-22-35(2)23-27-48)40-10-18-44(19-11-40)52-31-46-33-54-46/h4-20,22,24,26,34-36,45-46H,21,23,25,27-33H2,1-3H3. The van der Waals surface area contributed by atoms with Crippen LogP contribution in [0.25, 0.3) is 0 Å². The van der Waals surface area contributed by atoms with E-state index in [1.807, 2.05) is 0 Å². The highest BCUT2D eigenvalue weighted by Crippen LogP contribution is 2.45. The van der Waals surface area contributed by atoms with E-state index in [-0.39, 0.29) is 29.0 Å². The minimum absolute atomic E-state index is 0.171. The van der Waals surface area contributed by atoms with Gasteiger partial charge in [0.1, 0.15) is 48.4 Å². The molecule has 4 aromatic carbocycles. The molecule has 2 fully saturated rings. The van der Waals surface area contributed by atoms with Crippen LogP contribution in [-0.2, 0) is 20.3 Å². The van der Waals surface area contributed by atoms with E-state index in [0.717, 1.165) is 61.9 Å². The third kappa shape index (κ3) is 8.56. The van der Waals surface area contributed by atoms with E-state index in [0.29, 0.717) is 38.3 Å². The lowest BCUT2D eigenvalue weighted by Gasteiger charge is -2.36. The van der Waals surface area contributed by atoms with Gasteiger partial charge in [-0.25, -0.2) is 0 Å². The summed E-state index contributed by atoms with van der Waals surface area (Å²) in [6.07, 6.45) is 14.4. The Hall–Kier alpha value is -4.52. The number of benzene rings is 4. The van der Waals surface area contributed by atoms with Crippen molar-refractivity contribution in [1.82, 2.24) is 0 Å². The van der Waals surface area contributed by atoms with Gasteiger partial charge in [0.05, 0.1) is 26.4 Å². The van der Waals surface area contributed by atoms with Gasteiger partial charge in [-0.3, -0.25) is 0 Å². The van der Waals surface area contributed by atoms with Gasteiger partial charge in [0.15, 0.2) is 0 Å². The van der Waals surface area contributed by atoms with Crippen LogP contribution in [0.2, 0.25) is 0 Å². The summed E-state index contributed by atoms with van der Waals surface area (Å²) in [5.74, 6) is 4.90. The maximum atomic E-state index is 6.28. The minimum Gasteiger partial charge on any atom is -0.493 e. The third-order valence-electron chi connectivity index (χ3n) is 11.6. The lowest BCUT2D eigenvalue weighted by molar-refractivity contribution is 0.188. The van der Waals surface area contributed by atoms with E-state index in [2.05, 4.69) is 142 Å². The molecule has 2 aliphatic heterocycles. The van der Waals surface area contributed by atoms with Crippen LogP contribution in [-0.4, -0.2) is 51.8 Å². The van der Waals surface area contributed by atoms with E-state index in [4.69, 9.17) is 28.4 Å². The zero-order chi connectivity index (χ0) is 37.0. The van der Waals surface area contributed by atoms with Crippen LogP contribution >= 0.6 is 0 Å². The van der Waals surface area contributed by atoms with E-state index in [1.54, 1.807) is 0 Å². The fourth-order valence-electron chi connectivity index (χ4n) is 7.85. The van der Waals surface area contributed by atoms with Gasteiger partial charge in [0, 0.05) is 16.7 Å². The monoisotopic (exact) mass is 726 g/mol. The molecule has 0 aromatic heterocycles. The lowest BCUT2D eigenvalue weighted by atomic mass is 9.67. The van der Waals surface area contributed by atoms with Crippen molar-refractivity contribution in [2.45, 2.75) is 69.5 Å². The highest BCUT2D eigenvalue weighted by molar-refractivity contribution is 5.50. The van der Waals surface area contributed by atoms with E-state index in [9.17, 15) is 0 Å². The number of hydrogen-bond donors (Lipinski definition) is 0. The van der Waals surface area contributed by atoms with Crippen molar-refractivity contribution in [3.05, 3.63) is 144 Å². The number of epoxide rings is 2. The maximum absolute atomic E-state index is 6.28. The van der Waals surface area contributed by atoms with Gasteiger partial charge in [0.2, 0.25) is 0 Å². The molecule has 6 nitrogen and oxygen atoms in total. The van der Waals surface area contributed by atoms with E-state index < -0.39 is 0 Å². The zero-order valence-electron chi connectivity index (χ0n) is 32.0. The van der Waals surface area contributed by atoms with Crippen molar-refractivity contribution >= 4 is 0 Å². The minimum atomic E-state index is -0.171. The average molecular weight is 727 g/mol. The van der Waals surface area contributed by atoms with Crippen molar-refractivity contribution in [1.29, 1.82) is 0 Å². The van der Waals surface area contributed by atoms with E-state index >= 15 is 0 Å². The molecule has 4 aromatic rings. The molecule has 8 rings (SSSR count). The molecule has 4 aliphatic rings. The second-order valence-corrected chi connectivity index (χ2v) is 16.1. The molecule has 6 atom stereocenters. The Morgan fingerprint density at radius 2 is 0.833 bits per heavy atom. The number of allylic oxidation sites excluding steroid dienone is 4. The molecule has 0 N–H and O–H groups in total. The van der Waals surface area contributed by atoms with Crippen molar-refractivity contribution in [3.8, 4) is 23.0 Å². The van der Waals surface area contributed by atoms with Crippen molar-refractivity contribution in [2.75, 3.05) is 39.6 Å². The fraction of sp³-hybridized carbons (Fsp3) is 0.417. The molecule has 0 amide bonds. The number of ether oxygens (including phenoxy) is 6. The van der Waals surface area contributed by atoms with Gasteiger partial charge < -0.3 is 28.4 Å². The first-order valence-electron chi connectivity index (χ1n) is 19.9. The van der Waals surface area contributed by atoms with Crippen LogP contribution in [0.1, 0.15) is 68.7 Å². The highest BCUT2D eigenvalue weighted by Gasteiger charge is 2.36. The summed E-state index contributed by atoms with van der Waals surface area (Å²) in [5.41, 5.74) is 4.79. The fourth-order valence-corrected chi connectivity index (χ4v) is 7.85. The predicted molar refractivity (Wildman–Crippen MR) is 213 cm³/mol. The van der Waals surface area contributed by atoms with Gasteiger partial charge in [-0.15, -0.1) is 0 Å². The first-order chi connectivity index (χ1) is 26.4. The molecular formula is C48H54O6. The molecule has 2 heterocycles. The Kier molecular flexibility index (Phi) is 10.8. The van der Waals surface area contributed by atoms with Crippen LogP contribution in [0.4, 0.5) is 0 Å². The Morgan fingerprint density at radius 3 is 1.11 bits per heavy atom. The summed E-state index contributed by atoms with van der Waals surface area (Å²) < 4.78 is 35.0. The van der Waals surface area contributed by atoms with Crippen LogP contribution < -0.4 is 18.9 Å². The van der Waals surface area contributed by atoms with E-state index in [1.165, 1.54) is 22.3 Å². The Bertz CT molecular complexity index is 1730. The summed E-state index contributed by atoms with van der Waals surface area (Å²) in [7, 11) is 0. The third-order valence-corrected chi connectivity index (χ3v) is 11.6. The molecule has 0 bridgehead atoms. The van der Waals surface area contributed by atoms with Gasteiger partial charge >= 0.3 is 0 Å². The molecule has 0 saturated carbocycles. The topological polar surface area (TPSA) is 62.0 Å². The molecule has 282 valence electrons. The van der Waals surface area contributed by atoms with Crippen LogP contribution in [0.5, 0.6) is 23.0 Å². The predicted octanol–water partition coefficient (Wildman–Crippen LogP) is 9.88. The quantitative estimate of drug-likeness (QED) is 0.0847. The summed E-state index contributed by atoms with van der Waals surface area (Å²) in [5, 5.41) is 0. The van der Waals surface area contributed by atoms with Gasteiger partial charge in [-0.2, -0.15) is 0 Å². The van der Waals surface area contributed by atoms with Gasteiger partial charge in [-0.1, -0.05) is 93.6 Å². The molecule has 54 heavy (non-hydrogen) atoms. The molecule has 2 saturated heterocycles. The number of rotatable bonds is 16. The van der Waals surface area contributed by atoms with Crippen LogP contribution in [0.3, 0.4) is 0 Å². The van der Waals surface area contributed by atoms with Crippen LogP contribution in [0, 0.1) is 17.8 Å². The Balaban J connectivity index is 0.868. The average Bonchev–Trinajstić information content (AvgIpc) is 4.16. The summed E-state index contributed by atoms with van der Waals surface area (Å²) >= 11 is 0. The second-order valence-electron chi connectivity index (χ2n) is 16.1. The zero-order valence-corrected chi connectivity index (χ0v) is 32.0. The van der Waals surface area contributed by atoms with Gasteiger partial charge in [0.25, 0.3) is 0 Å². The summed E-state index contributed by atoms with van der Waals surface area (Å²) in [6, 6.07) is 34.6. The first kappa shape index (κ1) is 36.5. The molecule has 0 radical (unpaired) electrons. The van der Waals surface area contributed by atoms with Crippen molar-refractivity contribution < 1.29 is 28.4 Å². The first-order valence-corrected chi connectivity index (χ1v) is 19.9. The second kappa shape index (κ2) is 16.1. The normalized spacial score (nSPS) is 27.5.